The highest BCUT2D eigenvalue weighted by atomic mass is 16.5. The highest BCUT2D eigenvalue weighted by Crippen LogP contribution is 2.23. The molecule has 0 saturated heterocycles. The van der Waals surface area contributed by atoms with Gasteiger partial charge in [0, 0.05) is 6.04 Å². The lowest BCUT2D eigenvalue weighted by molar-refractivity contribution is -0.150. The summed E-state index contributed by atoms with van der Waals surface area (Å²) in [5.41, 5.74) is 0. The number of nitrogens with one attached hydrogen (secondary N) is 1. The van der Waals surface area contributed by atoms with E-state index in [2.05, 4.69) is 12.2 Å². The van der Waals surface area contributed by atoms with Gasteiger partial charge in [-0.2, -0.15) is 0 Å². The van der Waals surface area contributed by atoms with Crippen molar-refractivity contribution >= 4 is 11.9 Å². The molecule has 1 amide bonds. The molecule has 0 spiro atoms. The zero-order valence-corrected chi connectivity index (χ0v) is 10.4. The number of ether oxygens (including phenoxy) is 1. The van der Waals surface area contributed by atoms with Crippen LogP contribution < -0.4 is 5.32 Å². The normalized spacial score (nSPS) is 26.2. The van der Waals surface area contributed by atoms with E-state index in [-0.39, 0.29) is 18.6 Å². The Hall–Kier alpha value is -1.10. The first-order chi connectivity index (χ1) is 7.99. The molecule has 5 nitrogen and oxygen atoms in total. The molecule has 1 aliphatic carbocycles. The Morgan fingerprint density at radius 2 is 1.94 bits per heavy atom. The monoisotopic (exact) mass is 243 g/mol. The molecule has 1 saturated carbocycles. The Kier molecular flexibility index (Phi) is 5.41. The minimum atomic E-state index is -1.05. The number of hydrogen-bond donors (Lipinski definition) is 2. The first-order valence-electron chi connectivity index (χ1n) is 6.12. The molecular weight excluding hydrogens is 222 g/mol. The maximum atomic E-state index is 11.5. The molecule has 0 radical (unpaired) electrons. The van der Waals surface area contributed by atoms with Crippen LogP contribution >= 0.6 is 0 Å². The zero-order chi connectivity index (χ0) is 12.8. The molecular formula is C12H21NO4. The fourth-order valence-corrected chi connectivity index (χ4v) is 1.95. The quantitative estimate of drug-likeness (QED) is 0.760. The van der Waals surface area contributed by atoms with Crippen molar-refractivity contribution in [3.8, 4) is 0 Å². The van der Waals surface area contributed by atoms with Crippen molar-refractivity contribution in [3.63, 3.8) is 0 Å². The number of aliphatic carboxylic acids is 1. The molecule has 0 heterocycles. The van der Waals surface area contributed by atoms with Crippen molar-refractivity contribution in [2.24, 2.45) is 5.92 Å². The summed E-state index contributed by atoms with van der Waals surface area (Å²) in [7, 11) is 0. The van der Waals surface area contributed by atoms with Crippen LogP contribution in [0.25, 0.3) is 0 Å². The topological polar surface area (TPSA) is 75.6 Å². The highest BCUT2D eigenvalue weighted by Gasteiger charge is 2.20. The van der Waals surface area contributed by atoms with Gasteiger partial charge in [0.05, 0.1) is 0 Å². The summed E-state index contributed by atoms with van der Waals surface area (Å²) in [5.74, 6) is -0.534. The van der Waals surface area contributed by atoms with Gasteiger partial charge in [0.1, 0.15) is 6.61 Å². The number of carbonyl (C=O) groups excluding carboxylic acids is 1. The summed E-state index contributed by atoms with van der Waals surface area (Å²) in [5, 5.41) is 11.5. The summed E-state index contributed by atoms with van der Waals surface area (Å²) < 4.78 is 4.92. The van der Waals surface area contributed by atoms with Gasteiger partial charge < -0.3 is 15.2 Å². The molecule has 17 heavy (non-hydrogen) atoms. The average molecular weight is 243 g/mol. The van der Waals surface area contributed by atoms with E-state index < -0.39 is 12.1 Å². The van der Waals surface area contributed by atoms with Crippen molar-refractivity contribution < 1.29 is 19.4 Å². The number of carbonyl (C=O) groups is 2. The third kappa shape index (κ3) is 5.17. The predicted molar refractivity (Wildman–Crippen MR) is 62.6 cm³/mol. The molecule has 98 valence electrons. The number of carboxylic acids is 1. The largest absolute Gasteiger partial charge is 0.479 e. The van der Waals surface area contributed by atoms with Gasteiger partial charge in [-0.1, -0.05) is 6.92 Å². The van der Waals surface area contributed by atoms with Gasteiger partial charge in [0.25, 0.3) is 0 Å². The van der Waals surface area contributed by atoms with E-state index in [0.29, 0.717) is 0 Å². The van der Waals surface area contributed by atoms with E-state index in [4.69, 9.17) is 9.84 Å². The van der Waals surface area contributed by atoms with E-state index in [0.717, 1.165) is 31.6 Å². The van der Waals surface area contributed by atoms with Gasteiger partial charge in [0.15, 0.2) is 6.10 Å². The van der Waals surface area contributed by atoms with Crippen LogP contribution in [0.1, 0.15) is 39.5 Å². The van der Waals surface area contributed by atoms with E-state index in [1.165, 1.54) is 6.92 Å². The summed E-state index contributed by atoms with van der Waals surface area (Å²) in [4.78, 5) is 22.0. The molecule has 1 aliphatic rings. The molecule has 0 bridgehead atoms. The molecule has 5 heteroatoms. The van der Waals surface area contributed by atoms with Gasteiger partial charge in [-0.25, -0.2) is 4.79 Å². The number of hydrogen-bond acceptors (Lipinski definition) is 3. The van der Waals surface area contributed by atoms with Crippen LogP contribution in [0, 0.1) is 5.92 Å². The van der Waals surface area contributed by atoms with Crippen LogP contribution in [0.15, 0.2) is 0 Å². The van der Waals surface area contributed by atoms with Gasteiger partial charge >= 0.3 is 5.97 Å². The summed E-state index contributed by atoms with van der Waals surface area (Å²) >= 11 is 0. The van der Waals surface area contributed by atoms with Crippen LogP contribution in [0.2, 0.25) is 0 Å². The third-order valence-electron chi connectivity index (χ3n) is 3.19. The first kappa shape index (κ1) is 14.0. The molecule has 1 atom stereocenters. The lowest BCUT2D eigenvalue weighted by Crippen LogP contribution is -2.40. The van der Waals surface area contributed by atoms with E-state index in [1.54, 1.807) is 0 Å². The lowest BCUT2D eigenvalue weighted by Gasteiger charge is -2.26. The minimum Gasteiger partial charge on any atom is -0.479 e. The molecule has 0 aromatic rings. The van der Waals surface area contributed by atoms with E-state index in [9.17, 15) is 9.59 Å². The second-order valence-electron chi connectivity index (χ2n) is 4.82. The second kappa shape index (κ2) is 6.59. The van der Waals surface area contributed by atoms with Gasteiger partial charge in [-0.15, -0.1) is 0 Å². The van der Waals surface area contributed by atoms with E-state index >= 15 is 0 Å². The standard InChI is InChI=1S/C12H21NO4/c1-8-3-5-10(6-4-8)13-11(14)7-17-9(2)12(15)16/h8-10H,3-7H2,1-2H3,(H,13,14)(H,15,16)/t8?,9-,10?/m1/s1. The van der Waals surface area contributed by atoms with Gasteiger partial charge in [0.2, 0.25) is 5.91 Å². The van der Waals surface area contributed by atoms with Gasteiger partial charge in [-0.3, -0.25) is 4.79 Å². The Morgan fingerprint density at radius 3 is 2.47 bits per heavy atom. The maximum Gasteiger partial charge on any atom is 0.332 e. The number of amides is 1. The number of rotatable bonds is 5. The predicted octanol–water partition coefficient (Wildman–Crippen LogP) is 1.17. The van der Waals surface area contributed by atoms with Crippen LogP contribution in [-0.2, 0) is 14.3 Å². The van der Waals surface area contributed by atoms with Crippen LogP contribution in [0.3, 0.4) is 0 Å². The van der Waals surface area contributed by atoms with Crippen molar-refractivity contribution in [2.75, 3.05) is 6.61 Å². The van der Waals surface area contributed by atoms with E-state index in [1.807, 2.05) is 0 Å². The molecule has 1 fully saturated rings. The molecule has 0 aliphatic heterocycles. The average Bonchev–Trinajstić information content (AvgIpc) is 2.29. The van der Waals surface area contributed by atoms with Crippen molar-refractivity contribution in [1.82, 2.24) is 5.32 Å². The first-order valence-corrected chi connectivity index (χ1v) is 6.12. The molecule has 0 aromatic carbocycles. The highest BCUT2D eigenvalue weighted by molar-refractivity contribution is 5.78. The zero-order valence-electron chi connectivity index (χ0n) is 10.4. The minimum absolute atomic E-state index is 0.181. The summed E-state index contributed by atoms with van der Waals surface area (Å²) in [6, 6.07) is 0.224. The summed E-state index contributed by atoms with van der Waals surface area (Å²) in [6.45, 7) is 3.45. The number of carboxylic acid groups (broad SMARTS) is 1. The summed E-state index contributed by atoms with van der Waals surface area (Å²) in [6.07, 6.45) is 3.34. The van der Waals surface area contributed by atoms with Crippen LogP contribution in [-0.4, -0.2) is 35.7 Å². The fraction of sp³-hybridized carbons (Fsp3) is 0.833. The van der Waals surface area contributed by atoms with Crippen LogP contribution in [0.5, 0.6) is 0 Å². The lowest BCUT2D eigenvalue weighted by atomic mass is 9.87. The molecule has 1 rings (SSSR count). The van der Waals surface area contributed by atoms with Crippen molar-refractivity contribution in [1.29, 1.82) is 0 Å². The third-order valence-corrected chi connectivity index (χ3v) is 3.19. The second-order valence-corrected chi connectivity index (χ2v) is 4.82. The molecule has 2 N–H and O–H groups in total. The Balaban J connectivity index is 2.19. The van der Waals surface area contributed by atoms with Crippen LogP contribution in [0.4, 0.5) is 0 Å². The van der Waals surface area contributed by atoms with Crippen molar-refractivity contribution in [3.05, 3.63) is 0 Å². The SMILES string of the molecule is CC1CCC(NC(=O)CO[C@H](C)C(=O)O)CC1. The fourth-order valence-electron chi connectivity index (χ4n) is 1.95. The maximum absolute atomic E-state index is 11.5. The molecule has 0 aromatic heterocycles. The Bertz CT molecular complexity index is 272. The Morgan fingerprint density at radius 1 is 1.35 bits per heavy atom. The van der Waals surface area contributed by atoms with Gasteiger partial charge in [-0.05, 0) is 38.5 Å². The van der Waals surface area contributed by atoms with Crippen molar-refractivity contribution in [2.45, 2.75) is 51.7 Å². The smallest absolute Gasteiger partial charge is 0.332 e. The molecule has 0 unspecified atom stereocenters. The Labute approximate surface area is 102 Å².